The molecule has 0 aliphatic carbocycles. The van der Waals surface area contributed by atoms with Gasteiger partial charge >= 0.3 is 31.1 Å². The van der Waals surface area contributed by atoms with Gasteiger partial charge in [0, 0.05) is 0 Å². The fourth-order valence-corrected chi connectivity index (χ4v) is 0.706. The molecule has 46 valence electrons. The van der Waals surface area contributed by atoms with Crippen molar-refractivity contribution in [2.75, 3.05) is 12.8 Å². The summed E-state index contributed by atoms with van der Waals surface area (Å²) in [5, 5.41) is 0. The summed E-state index contributed by atoms with van der Waals surface area (Å²) in [6.45, 7) is 4.24. The third-order valence-electron chi connectivity index (χ3n) is 0.531. The van der Waals surface area contributed by atoms with Crippen LogP contribution in [0.3, 0.4) is 0 Å². The Hall–Kier alpha value is 0.826. The summed E-state index contributed by atoms with van der Waals surface area (Å²) in [4.78, 5) is 0. The van der Waals surface area contributed by atoms with Gasteiger partial charge in [0.1, 0.15) is 0 Å². The summed E-state index contributed by atoms with van der Waals surface area (Å²) in [5.74, 6) is 0. The zero-order chi connectivity index (χ0) is 5.70. The maximum absolute atomic E-state index is 10.3. The monoisotopic (exact) mass is 147 g/mol. The van der Waals surface area contributed by atoms with Crippen LogP contribution in [0.4, 0.5) is 0 Å². The van der Waals surface area contributed by atoms with Crippen LogP contribution in [0.15, 0.2) is 0 Å². The van der Waals surface area contributed by atoms with E-state index in [-0.39, 0.29) is 25.9 Å². The Morgan fingerprint density at radius 2 is 2.12 bits per heavy atom. The smallest absolute Gasteiger partial charge is 1.00 e. The molecule has 4 heteroatoms. The first-order valence-electron chi connectivity index (χ1n) is 2.38. The van der Waals surface area contributed by atoms with E-state index < -0.39 is 8.03 Å². The van der Waals surface area contributed by atoms with Gasteiger partial charge in [-0.1, -0.05) is 0 Å². The summed E-state index contributed by atoms with van der Waals surface area (Å²) in [5.41, 5.74) is 0. The van der Waals surface area contributed by atoms with Crippen LogP contribution < -0.4 is 0 Å². The minimum Gasteiger partial charge on any atom is -1.00 e. The molecule has 8 heavy (non-hydrogen) atoms. The molecule has 0 aromatic heterocycles. The van der Waals surface area contributed by atoms with E-state index in [2.05, 4.69) is 0 Å². The zero-order valence-electron chi connectivity index (χ0n) is 7.39. The summed E-state index contributed by atoms with van der Waals surface area (Å²) >= 11 is 0. The third kappa shape index (κ3) is 6.83. The molecule has 0 saturated carbocycles. The molecular formula is C4H12MgO2P+. The molecule has 0 heterocycles. The number of hydrogen-bond acceptors (Lipinski definition) is 2. The topological polar surface area (TPSA) is 26.3 Å². The van der Waals surface area contributed by atoms with Crippen molar-refractivity contribution in [3.63, 3.8) is 0 Å². The molecule has 0 bridgehead atoms. The van der Waals surface area contributed by atoms with Gasteiger partial charge in [-0.15, -0.1) is 4.52 Å². The zero-order valence-corrected chi connectivity index (χ0v) is 7.69. The second-order valence-corrected chi connectivity index (χ2v) is 2.62. The SMILES string of the molecule is CCO[P+](=O)CC.[H-].[H-].[Mg+2]. The molecule has 1 unspecified atom stereocenters. The van der Waals surface area contributed by atoms with Crippen molar-refractivity contribution in [1.29, 1.82) is 0 Å². The van der Waals surface area contributed by atoms with Gasteiger partial charge in [0.05, 0.1) is 6.61 Å². The quantitative estimate of drug-likeness (QED) is 0.448. The summed E-state index contributed by atoms with van der Waals surface area (Å²) in [6.07, 6.45) is 0.628. The van der Waals surface area contributed by atoms with Crippen LogP contribution in [0.1, 0.15) is 16.7 Å². The molecule has 2 nitrogen and oxygen atoms in total. The van der Waals surface area contributed by atoms with Gasteiger partial charge in [-0.2, -0.15) is 0 Å². The molecule has 0 fully saturated rings. The minimum absolute atomic E-state index is 0. The van der Waals surface area contributed by atoms with Gasteiger partial charge in [0.2, 0.25) is 0 Å². The first-order valence-corrected chi connectivity index (χ1v) is 3.75. The molecule has 0 saturated heterocycles. The Labute approximate surface area is 70.0 Å². The van der Waals surface area contributed by atoms with E-state index in [9.17, 15) is 4.57 Å². The Morgan fingerprint density at radius 3 is 2.25 bits per heavy atom. The molecular weight excluding hydrogens is 135 g/mol. The average molecular weight is 147 g/mol. The van der Waals surface area contributed by atoms with Gasteiger partial charge in [-0.05, 0) is 18.4 Å². The Bertz CT molecular complexity index is 74.3. The molecule has 0 amide bonds. The van der Waals surface area contributed by atoms with Gasteiger partial charge in [-0.3, -0.25) is 0 Å². The van der Waals surface area contributed by atoms with E-state index in [0.29, 0.717) is 12.8 Å². The van der Waals surface area contributed by atoms with Crippen LogP contribution >= 0.6 is 8.03 Å². The molecule has 0 N–H and O–H groups in total. The molecule has 0 aromatic carbocycles. The normalized spacial score (nSPS) is 10.0. The maximum Gasteiger partial charge on any atom is 2.00 e. The standard InChI is InChI=1S/C4H10O2P.Mg.2H/c1-3-6-7(5)4-2;;;/h3-4H2,1-2H3;;;/q+1;+2;2*-1. The molecule has 0 spiro atoms. The minimum atomic E-state index is -1.33. The maximum atomic E-state index is 10.3. The van der Waals surface area contributed by atoms with Crippen LogP contribution in [0.2, 0.25) is 0 Å². The number of hydrogen-bond donors (Lipinski definition) is 0. The van der Waals surface area contributed by atoms with Gasteiger partial charge in [0.25, 0.3) is 0 Å². The van der Waals surface area contributed by atoms with Crippen LogP contribution in [-0.2, 0) is 9.09 Å². The predicted octanol–water partition coefficient (Wildman–Crippen LogP) is 1.63. The van der Waals surface area contributed by atoms with E-state index in [1.165, 1.54) is 0 Å². The Balaban J connectivity index is -0.0000000600. The molecule has 0 aliphatic heterocycles. The molecule has 1 atom stereocenters. The van der Waals surface area contributed by atoms with Crippen molar-refractivity contribution in [1.82, 2.24) is 0 Å². The first kappa shape index (κ1) is 11.6. The summed E-state index contributed by atoms with van der Waals surface area (Å²) in [7, 11) is -1.33. The largest absolute Gasteiger partial charge is 2.00 e. The van der Waals surface area contributed by atoms with E-state index in [4.69, 9.17) is 4.52 Å². The van der Waals surface area contributed by atoms with Crippen molar-refractivity contribution in [3.8, 4) is 0 Å². The van der Waals surface area contributed by atoms with Crippen molar-refractivity contribution in [2.45, 2.75) is 13.8 Å². The molecule has 0 rings (SSSR count). The fourth-order valence-electron chi connectivity index (χ4n) is 0.235. The van der Waals surface area contributed by atoms with Gasteiger partial charge in [-0.25, -0.2) is 0 Å². The van der Waals surface area contributed by atoms with Crippen molar-refractivity contribution in [3.05, 3.63) is 0 Å². The van der Waals surface area contributed by atoms with E-state index >= 15 is 0 Å². The Kier molecular flexibility index (Phi) is 11.3. The van der Waals surface area contributed by atoms with E-state index in [1.807, 2.05) is 13.8 Å². The number of rotatable bonds is 3. The third-order valence-corrected chi connectivity index (χ3v) is 1.59. The van der Waals surface area contributed by atoms with E-state index in [0.717, 1.165) is 0 Å². The second kappa shape index (κ2) is 7.83. The summed E-state index contributed by atoms with van der Waals surface area (Å²) < 4.78 is 15.0. The van der Waals surface area contributed by atoms with E-state index in [1.54, 1.807) is 0 Å². The molecule has 0 aromatic rings. The van der Waals surface area contributed by atoms with Gasteiger partial charge in [0.15, 0.2) is 6.16 Å². The molecule has 0 radical (unpaired) electrons. The first-order chi connectivity index (χ1) is 3.31. The summed E-state index contributed by atoms with van der Waals surface area (Å²) in [6, 6.07) is 0. The predicted molar refractivity (Wildman–Crippen MR) is 37.8 cm³/mol. The van der Waals surface area contributed by atoms with Crippen molar-refractivity contribution in [2.24, 2.45) is 0 Å². The van der Waals surface area contributed by atoms with Crippen molar-refractivity contribution >= 4 is 31.1 Å². The van der Waals surface area contributed by atoms with Crippen LogP contribution in [0.25, 0.3) is 0 Å². The fraction of sp³-hybridized carbons (Fsp3) is 1.00. The van der Waals surface area contributed by atoms with Crippen LogP contribution in [0.5, 0.6) is 0 Å². The van der Waals surface area contributed by atoms with Gasteiger partial charge < -0.3 is 2.85 Å². The Morgan fingerprint density at radius 1 is 1.62 bits per heavy atom. The second-order valence-electron chi connectivity index (χ2n) is 1.07. The molecule has 0 aliphatic rings. The van der Waals surface area contributed by atoms with Crippen molar-refractivity contribution < 1.29 is 11.9 Å². The average Bonchev–Trinajstić information content (AvgIpc) is 1.68. The van der Waals surface area contributed by atoms with Crippen LogP contribution in [-0.4, -0.2) is 35.8 Å². The van der Waals surface area contributed by atoms with Crippen LogP contribution in [0, 0.1) is 0 Å².